The molecular weight excluding hydrogens is 294 g/mol. The molecule has 3 rings (SSSR count). The summed E-state index contributed by atoms with van der Waals surface area (Å²) in [6.07, 6.45) is 6.86. The summed E-state index contributed by atoms with van der Waals surface area (Å²) in [4.78, 5) is 26.6. The van der Waals surface area contributed by atoms with E-state index in [0.29, 0.717) is 19.1 Å². The Labute approximate surface area is 138 Å². The van der Waals surface area contributed by atoms with Crippen molar-refractivity contribution < 1.29 is 14.3 Å². The molecule has 3 atom stereocenters. The average Bonchev–Trinajstić information content (AvgIpc) is 3.15. The molecular formula is C17H29N3O3. The van der Waals surface area contributed by atoms with Crippen molar-refractivity contribution in [2.24, 2.45) is 5.92 Å². The highest BCUT2D eigenvalue weighted by molar-refractivity contribution is 5.82. The number of ether oxygens (including phenoxy) is 1. The van der Waals surface area contributed by atoms with Crippen LogP contribution in [0, 0.1) is 5.92 Å². The van der Waals surface area contributed by atoms with Crippen molar-refractivity contribution in [2.75, 3.05) is 32.8 Å². The van der Waals surface area contributed by atoms with Crippen LogP contribution in [0.25, 0.3) is 0 Å². The topological polar surface area (TPSA) is 70.7 Å². The number of carbonyl (C=O) groups is 2. The first kappa shape index (κ1) is 16.7. The smallest absolute Gasteiger partial charge is 0.251 e. The number of hydrogen-bond acceptors (Lipinski definition) is 4. The molecule has 3 fully saturated rings. The minimum Gasteiger partial charge on any atom is -0.368 e. The normalized spacial score (nSPS) is 31.8. The van der Waals surface area contributed by atoms with Crippen LogP contribution in [0.5, 0.6) is 0 Å². The van der Waals surface area contributed by atoms with Crippen LogP contribution in [0.15, 0.2) is 0 Å². The highest BCUT2D eigenvalue weighted by atomic mass is 16.5. The number of rotatable bonds is 4. The van der Waals surface area contributed by atoms with Gasteiger partial charge in [0.15, 0.2) is 0 Å². The lowest BCUT2D eigenvalue weighted by atomic mass is 9.96. The van der Waals surface area contributed by atoms with Crippen molar-refractivity contribution in [3.8, 4) is 0 Å². The maximum Gasteiger partial charge on any atom is 0.251 e. The number of nitrogens with one attached hydrogen (secondary N) is 2. The molecule has 0 aromatic rings. The molecule has 0 aromatic heterocycles. The third-order valence-electron chi connectivity index (χ3n) is 5.23. The standard InChI is InChI=1S/C17H29N3O3/c21-16(14-6-3-8-18-14)19-11-13-5-4-9-20(12-13)17(22)15-7-1-2-10-23-15/h13-15,18H,1-12H2,(H,19,21). The zero-order chi connectivity index (χ0) is 16.1. The Morgan fingerprint density at radius 3 is 2.78 bits per heavy atom. The van der Waals surface area contributed by atoms with Gasteiger partial charge in [-0.1, -0.05) is 0 Å². The van der Waals surface area contributed by atoms with Crippen molar-refractivity contribution in [3.05, 3.63) is 0 Å². The second kappa shape index (κ2) is 8.11. The fourth-order valence-corrected chi connectivity index (χ4v) is 3.85. The van der Waals surface area contributed by atoms with E-state index in [2.05, 4.69) is 10.6 Å². The van der Waals surface area contributed by atoms with Gasteiger partial charge >= 0.3 is 0 Å². The Balaban J connectivity index is 1.44. The van der Waals surface area contributed by atoms with Gasteiger partial charge in [0.05, 0.1) is 6.04 Å². The van der Waals surface area contributed by atoms with Gasteiger partial charge in [-0.25, -0.2) is 0 Å². The molecule has 0 saturated carbocycles. The number of carbonyl (C=O) groups excluding carboxylic acids is 2. The van der Waals surface area contributed by atoms with Crippen LogP contribution < -0.4 is 10.6 Å². The highest BCUT2D eigenvalue weighted by Crippen LogP contribution is 2.21. The van der Waals surface area contributed by atoms with Gasteiger partial charge in [0.25, 0.3) is 5.91 Å². The van der Waals surface area contributed by atoms with Crippen molar-refractivity contribution in [1.82, 2.24) is 15.5 Å². The van der Waals surface area contributed by atoms with Crippen molar-refractivity contribution in [3.63, 3.8) is 0 Å². The number of hydrogen-bond donors (Lipinski definition) is 2. The first-order valence-corrected chi connectivity index (χ1v) is 9.15. The molecule has 0 radical (unpaired) electrons. The number of nitrogens with zero attached hydrogens (tertiary/aromatic N) is 1. The fourth-order valence-electron chi connectivity index (χ4n) is 3.85. The van der Waals surface area contributed by atoms with E-state index in [-0.39, 0.29) is 24.0 Å². The molecule has 0 spiro atoms. The minimum atomic E-state index is -0.236. The Morgan fingerprint density at radius 2 is 2.04 bits per heavy atom. The SMILES string of the molecule is O=C(NCC1CCCN(C(=O)C2CCCCO2)C1)C1CCCN1. The second-order valence-corrected chi connectivity index (χ2v) is 7.04. The Hall–Kier alpha value is -1.14. The highest BCUT2D eigenvalue weighted by Gasteiger charge is 2.31. The lowest BCUT2D eigenvalue weighted by Crippen LogP contribution is -2.49. The maximum atomic E-state index is 12.5. The van der Waals surface area contributed by atoms with Crippen molar-refractivity contribution in [1.29, 1.82) is 0 Å². The molecule has 2 amide bonds. The second-order valence-electron chi connectivity index (χ2n) is 7.04. The minimum absolute atomic E-state index is 0.0213. The average molecular weight is 323 g/mol. The Kier molecular flexibility index (Phi) is 5.89. The molecule has 3 unspecified atom stereocenters. The first-order chi connectivity index (χ1) is 11.2. The first-order valence-electron chi connectivity index (χ1n) is 9.15. The van der Waals surface area contributed by atoms with Gasteiger partial charge in [0.2, 0.25) is 5.91 Å². The van der Waals surface area contributed by atoms with Gasteiger partial charge in [-0.15, -0.1) is 0 Å². The van der Waals surface area contributed by atoms with Crippen LogP contribution in [0.3, 0.4) is 0 Å². The van der Waals surface area contributed by atoms with E-state index in [4.69, 9.17) is 4.74 Å². The van der Waals surface area contributed by atoms with Gasteiger partial charge < -0.3 is 20.3 Å². The predicted molar refractivity (Wildman–Crippen MR) is 86.9 cm³/mol. The van der Waals surface area contributed by atoms with Gasteiger partial charge in [0.1, 0.15) is 6.10 Å². The van der Waals surface area contributed by atoms with E-state index < -0.39 is 0 Å². The zero-order valence-electron chi connectivity index (χ0n) is 13.9. The number of piperidine rings is 1. The van der Waals surface area contributed by atoms with Crippen molar-refractivity contribution >= 4 is 11.8 Å². The summed E-state index contributed by atoms with van der Waals surface area (Å²) in [7, 11) is 0. The molecule has 6 heteroatoms. The molecule has 6 nitrogen and oxygen atoms in total. The summed E-state index contributed by atoms with van der Waals surface area (Å²) in [5.74, 6) is 0.626. The predicted octanol–water partition coefficient (Wildman–Crippen LogP) is 0.662. The summed E-state index contributed by atoms with van der Waals surface area (Å²) in [6.45, 7) is 3.89. The molecule has 0 bridgehead atoms. The number of amides is 2. The van der Waals surface area contributed by atoms with Crippen LogP contribution in [-0.2, 0) is 14.3 Å². The van der Waals surface area contributed by atoms with Crippen LogP contribution in [-0.4, -0.2) is 61.6 Å². The molecule has 3 heterocycles. The molecule has 23 heavy (non-hydrogen) atoms. The van der Waals surface area contributed by atoms with Gasteiger partial charge in [-0.3, -0.25) is 9.59 Å². The Bertz CT molecular complexity index is 417. The third kappa shape index (κ3) is 4.44. The van der Waals surface area contributed by atoms with Crippen LogP contribution in [0.1, 0.15) is 44.9 Å². The van der Waals surface area contributed by atoms with E-state index >= 15 is 0 Å². The monoisotopic (exact) mass is 323 g/mol. The summed E-state index contributed by atoms with van der Waals surface area (Å²) < 4.78 is 5.62. The van der Waals surface area contributed by atoms with E-state index in [1.807, 2.05) is 4.90 Å². The summed E-state index contributed by atoms with van der Waals surface area (Å²) in [5, 5.41) is 6.28. The molecule has 3 aliphatic rings. The van der Waals surface area contributed by atoms with Gasteiger partial charge in [-0.2, -0.15) is 0 Å². The summed E-state index contributed by atoms with van der Waals surface area (Å²) >= 11 is 0. The maximum absolute atomic E-state index is 12.5. The van der Waals surface area contributed by atoms with E-state index in [1.165, 1.54) is 0 Å². The van der Waals surface area contributed by atoms with Crippen LogP contribution in [0.2, 0.25) is 0 Å². The summed E-state index contributed by atoms with van der Waals surface area (Å²) in [5.41, 5.74) is 0. The fraction of sp³-hybridized carbons (Fsp3) is 0.882. The van der Waals surface area contributed by atoms with Crippen LogP contribution >= 0.6 is 0 Å². The van der Waals surface area contributed by atoms with E-state index in [0.717, 1.165) is 64.6 Å². The molecule has 130 valence electrons. The quantitative estimate of drug-likeness (QED) is 0.797. The lowest BCUT2D eigenvalue weighted by Gasteiger charge is -2.36. The Morgan fingerprint density at radius 1 is 1.13 bits per heavy atom. The van der Waals surface area contributed by atoms with Crippen molar-refractivity contribution in [2.45, 2.75) is 57.1 Å². The van der Waals surface area contributed by atoms with Gasteiger partial charge in [0, 0.05) is 26.2 Å². The van der Waals surface area contributed by atoms with Crippen LogP contribution in [0.4, 0.5) is 0 Å². The molecule has 2 N–H and O–H groups in total. The largest absolute Gasteiger partial charge is 0.368 e. The molecule has 3 aliphatic heterocycles. The number of likely N-dealkylation sites (tertiary alicyclic amines) is 1. The van der Waals surface area contributed by atoms with Gasteiger partial charge in [-0.05, 0) is 57.4 Å². The third-order valence-corrected chi connectivity index (χ3v) is 5.23. The zero-order valence-corrected chi connectivity index (χ0v) is 13.9. The van der Waals surface area contributed by atoms with E-state index in [9.17, 15) is 9.59 Å². The molecule has 0 aliphatic carbocycles. The molecule has 0 aromatic carbocycles. The summed E-state index contributed by atoms with van der Waals surface area (Å²) in [6, 6.07) is -0.0213. The molecule has 3 saturated heterocycles. The lowest BCUT2D eigenvalue weighted by molar-refractivity contribution is -0.148. The van der Waals surface area contributed by atoms with E-state index in [1.54, 1.807) is 0 Å².